The van der Waals surface area contributed by atoms with Crippen LogP contribution in [0.4, 0.5) is 5.69 Å². The van der Waals surface area contributed by atoms with Crippen LogP contribution in [-0.2, 0) is 0 Å². The van der Waals surface area contributed by atoms with Crippen molar-refractivity contribution in [1.82, 2.24) is 14.8 Å². The minimum atomic E-state index is 0.00440. The van der Waals surface area contributed by atoms with Crippen molar-refractivity contribution in [2.24, 2.45) is 0 Å². The number of nitrogens with one attached hydrogen (secondary N) is 1. The molecule has 0 aliphatic carbocycles. The summed E-state index contributed by atoms with van der Waals surface area (Å²) in [4.78, 5) is 21.2. The van der Waals surface area contributed by atoms with Crippen LogP contribution in [0.3, 0.4) is 0 Å². The lowest BCUT2D eigenvalue weighted by atomic mass is 10.2. The molecule has 1 aromatic heterocycles. The number of rotatable bonds is 7. The number of benzene rings is 1. The molecule has 5 heteroatoms. The van der Waals surface area contributed by atoms with E-state index in [1.54, 1.807) is 18.3 Å². The Bertz CT molecular complexity index is 763. The zero-order chi connectivity index (χ0) is 18.9. The Labute approximate surface area is 161 Å². The molecule has 140 valence electrons. The molecule has 1 aromatic carbocycles. The smallest absolute Gasteiger partial charge is 0.272 e. The average Bonchev–Trinajstić information content (AvgIpc) is 2.73. The lowest BCUT2D eigenvalue weighted by Crippen LogP contribution is -2.48. The van der Waals surface area contributed by atoms with Gasteiger partial charge >= 0.3 is 0 Å². The van der Waals surface area contributed by atoms with E-state index in [-0.39, 0.29) is 5.91 Å². The summed E-state index contributed by atoms with van der Waals surface area (Å²) in [7, 11) is 0. The summed E-state index contributed by atoms with van der Waals surface area (Å²) in [6, 6.07) is 14.0. The number of hydrogen-bond donors (Lipinski definition) is 1. The molecule has 3 rings (SSSR count). The summed E-state index contributed by atoms with van der Waals surface area (Å²) < 4.78 is 0. The normalized spacial score (nSPS) is 15.0. The van der Waals surface area contributed by atoms with Gasteiger partial charge in [0.25, 0.3) is 5.91 Å². The number of piperazine rings is 1. The maximum atomic E-state index is 12.6. The molecule has 0 radical (unpaired) electrons. The summed E-state index contributed by atoms with van der Waals surface area (Å²) in [6.45, 7) is 8.47. The maximum absolute atomic E-state index is 12.6. The number of nitrogens with zero attached hydrogens (tertiary/aromatic N) is 3. The Morgan fingerprint density at radius 3 is 2.56 bits per heavy atom. The fraction of sp³-hybridized carbons (Fsp3) is 0.273. The molecular formula is C22H26N4O. The molecule has 1 N–H and O–H groups in total. The van der Waals surface area contributed by atoms with Crippen molar-refractivity contribution in [2.75, 3.05) is 44.6 Å². The van der Waals surface area contributed by atoms with Crippen molar-refractivity contribution in [3.8, 4) is 0 Å². The molecule has 1 amide bonds. The Kier molecular flexibility index (Phi) is 6.77. The first-order valence-electron chi connectivity index (χ1n) is 9.30. The number of hydrogen-bond acceptors (Lipinski definition) is 4. The molecule has 0 saturated carbocycles. The molecule has 0 spiro atoms. The summed E-state index contributed by atoms with van der Waals surface area (Å²) in [6.07, 6.45) is 7.81. The van der Waals surface area contributed by atoms with Gasteiger partial charge in [-0.2, -0.15) is 0 Å². The van der Waals surface area contributed by atoms with Gasteiger partial charge in [-0.15, -0.1) is 6.58 Å². The second-order valence-corrected chi connectivity index (χ2v) is 6.51. The van der Waals surface area contributed by atoms with Gasteiger partial charge in [0.1, 0.15) is 5.69 Å². The minimum Gasteiger partial charge on any atom is -0.380 e. The number of amides is 1. The highest BCUT2D eigenvalue weighted by Crippen LogP contribution is 2.11. The topological polar surface area (TPSA) is 48.5 Å². The second-order valence-electron chi connectivity index (χ2n) is 6.51. The van der Waals surface area contributed by atoms with Gasteiger partial charge in [-0.05, 0) is 17.7 Å². The van der Waals surface area contributed by atoms with Crippen molar-refractivity contribution >= 4 is 17.7 Å². The van der Waals surface area contributed by atoms with Gasteiger partial charge in [-0.25, -0.2) is 4.98 Å². The van der Waals surface area contributed by atoms with Gasteiger partial charge in [-0.3, -0.25) is 9.69 Å². The molecule has 5 nitrogen and oxygen atoms in total. The van der Waals surface area contributed by atoms with E-state index in [9.17, 15) is 4.79 Å². The van der Waals surface area contributed by atoms with Gasteiger partial charge in [0, 0.05) is 39.3 Å². The number of anilines is 1. The molecular weight excluding hydrogens is 336 g/mol. The van der Waals surface area contributed by atoms with Gasteiger partial charge in [0.05, 0.1) is 11.9 Å². The number of carbonyl (C=O) groups excluding carboxylic acids is 1. The SMILES string of the molecule is C=CCNc1ccc(C(=O)N2CCN(C/C=C/c3ccccc3)CC2)nc1. The van der Waals surface area contributed by atoms with Crippen LogP contribution in [0.2, 0.25) is 0 Å². The van der Waals surface area contributed by atoms with Gasteiger partial charge in [0.15, 0.2) is 0 Å². The molecule has 2 aromatic rings. The predicted octanol–water partition coefficient (Wildman–Crippen LogP) is 3.15. The van der Waals surface area contributed by atoms with E-state index in [1.165, 1.54) is 5.56 Å². The highest BCUT2D eigenvalue weighted by atomic mass is 16.2. The molecule has 1 fully saturated rings. The third-order valence-corrected chi connectivity index (χ3v) is 4.57. The van der Waals surface area contributed by atoms with Crippen molar-refractivity contribution in [3.63, 3.8) is 0 Å². The monoisotopic (exact) mass is 362 g/mol. The van der Waals surface area contributed by atoms with Gasteiger partial charge in [-0.1, -0.05) is 48.6 Å². The summed E-state index contributed by atoms with van der Waals surface area (Å²) >= 11 is 0. The highest BCUT2D eigenvalue weighted by molar-refractivity contribution is 5.92. The van der Waals surface area contributed by atoms with Crippen molar-refractivity contribution in [3.05, 3.63) is 78.6 Å². The van der Waals surface area contributed by atoms with Crippen LogP contribution >= 0.6 is 0 Å². The van der Waals surface area contributed by atoms with Gasteiger partial charge in [0.2, 0.25) is 0 Å². The first-order chi connectivity index (χ1) is 13.3. The van der Waals surface area contributed by atoms with E-state index in [1.807, 2.05) is 29.2 Å². The summed E-state index contributed by atoms with van der Waals surface area (Å²) in [5.74, 6) is 0.00440. The fourth-order valence-corrected chi connectivity index (χ4v) is 3.01. The molecule has 1 aliphatic rings. The van der Waals surface area contributed by atoms with Crippen LogP contribution < -0.4 is 5.32 Å². The number of aromatic nitrogens is 1. The van der Waals surface area contributed by atoms with E-state index >= 15 is 0 Å². The second kappa shape index (κ2) is 9.69. The first kappa shape index (κ1) is 18.9. The predicted molar refractivity (Wildman–Crippen MR) is 111 cm³/mol. The number of pyridine rings is 1. The fourth-order valence-electron chi connectivity index (χ4n) is 3.01. The lowest BCUT2D eigenvalue weighted by Gasteiger charge is -2.34. The Balaban J connectivity index is 1.46. The molecule has 0 bridgehead atoms. The Morgan fingerprint density at radius 1 is 1.11 bits per heavy atom. The molecule has 2 heterocycles. The quantitative estimate of drug-likeness (QED) is 0.769. The molecule has 1 aliphatic heterocycles. The van der Waals surface area contributed by atoms with E-state index in [0.717, 1.165) is 38.4 Å². The minimum absolute atomic E-state index is 0.00440. The van der Waals surface area contributed by atoms with Crippen molar-refractivity contribution in [2.45, 2.75) is 0 Å². The molecule has 27 heavy (non-hydrogen) atoms. The van der Waals surface area contributed by atoms with Crippen LogP contribution in [0.15, 0.2) is 67.4 Å². The lowest BCUT2D eigenvalue weighted by molar-refractivity contribution is 0.0644. The molecule has 0 atom stereocenters. The number of carbonyl (C=O) groups is 1. The largest absolute Gasteiger partial charge is 0.380 e. The third-order valence-electron chi connectivity index (χ3n) is 4.57. The Morgan fingerprint density at radius 2 is 1.89 bits per heavy atom. The van der Waals surface area contributed by atoms with E-state index < -0.39 is 0 Å². The highest BCUT2D eigenvalue weighted by Gasteiger charge is 2.22. The zero-order valence-corrected chi connectivity index (χ0v) is 15.6. The van der Waals surface area contributed by atoms with Crippen molar-refractivity contribution in [1.29, 1.82) is 0 Å². The zero-order valence-electron chi connectivity index (χ0n) is 15.6. The van der Waals surface area contributed by atoms with Gasteiger partial charge < -0.3 is 10.2 Å². The van der Waals surface area contributed by atoms with E-state index in [0.29, 0.717) is 12.2 Å². The average molecular weight is 362 g/mol. The standard InChI is InChI=1S/C22H26N4O/c1-2-12-23-20-10-11-21(24-18-20)22(27)26-16-14-25(15-17-26)13-6-9-19-7-4-3-5-8-19/h2-11,18,23H,1,12-17H2/b9-6+. The summed E-state index contributed by atoms with van der Waals surface area (Å²) in [5.41, 5.74) is 2.60. The van der Waals surface area contributed by atoms with Crippen LogP contribution in [-0.4, -0.2) is 60.0 Å². The maximum Gasteiger partial charge on any atom is 0.272 e. The van der Waals surface area contributed by atoms with E-state index in [2.05, 4.69) is 46.1 Å². The first-order valence-corrected chi connectivity index (χ1v) is 9.30. The molecule has 0 unspecified atom stereocenters. The van der Waals surface area contributed by atoms with E-state index in [4.69, 9.17) is 0 Å². The van der Waals surface area contributed by atoms with Crippen LogP contribution in [0.25, 0.3) is 6.08 Å². The van der Waals surface area contributed by atoms with Crippen LogP contribution in [0, 0.1) is 0 Å². The van der Waals surface area contributed by atoms with Crippen molar-refractivity contribution < 1.29 is 4.79 Å². The summed E-state index contributed by atoms with van der Waals surface area (Å²) in [5, 5.41) is 3.16. The van der Waals surface area contributed by atoms with Crippen LogP contribution in [0.1, 0.15) is 16.1 Å². The Hall–Kier alpha value is -2.92. The third kappa shape index (κ3) is 5.53. The van der Waals surface area contributed by atoms with Crippen LogP contribution in [0.5, 0.6) is 0 Å². The molecule has 1 saturated heterocycles.